The summed E-state index contributed by atoms with van der Waals surface area (Å²) < 4.78 is 0. The topological polar surface area (TPSA) is 41.1 Å². The van der Waals surface area contributed by atoms with Crippen molar-refractivity contribution in [2.24, 2.45) is 5.92 Å². The molecule has 14 heavy (non-hydrogen) atoms. The second-order valence-electron chi connectivity index (χ2n) is 4.92. The van der Waals surface area contributed by atoms with Crippen molar-refractivity contribution in [1.82, 2.24) is 10.6 Å². The molecule has 0 radical (unpaired) electrons. The molecular weight excluding hydrogens is 176 g/mol. The zero-order valence-corrected chi connectivity index (χ0v) is 8.62. The largest absolute Gasteiger partial charge is 0.308 e. The second kappa shape index (κ2) is 3.04. The summed E-state index contributed by atoms with van der Waals surface area (Å²) in [5.74, 6) is 0.757. The zero-order valence-electron chi connectivity index (χ0n) is 8.62. The Morgan fingerprint density at radius 3 is 2.57 bits per heavy atom. The number of carbonyl (C=O) groups excluding carboxylic acids is 1. The monoisotopic (exact) mass is 194 g/mol. The highest BCUT2D eigenvalue weighted by atomic mass is 16.1. The quantitative estimate of drug-likeness (QED) is 0.670. The van der Waals surface area contributed by atoms with Gasteiger partial charge in [0.2, 0.25) is 0 Å². The number of ketones is 1. The Kier molecular flexibility index (Phi) is 1.92. The minimum absolute atomic E-state index is 0.299. The van der Waals surface area contributed by atoms with Gasteiger partial charge in [0.15, 0.2) is 0 Å². The first-order valence-corrected chi connectivity index (χ1v) is 5.84. The lowest BCUT2D eigenvalue weighted by Gasteiger charge is -2.57. The molecule has 5 aliphatic rings. The van der Waals surface area contributed by atoms with Crippen LogP contribution in [0.3, 0.4) is 0 Å². The molecule has 3 nitrogen and oxygen atoms in total. The van der Waals surface area contributed by atoms with Crippen molar-refractivity contribution in [3.8, 4) is 0 Å². The Hall–Kier alpha value is -0.410. The molecule has 4 bridgehead atoms. The predicted octanol–water partition coefficient (Wildman–Crippen LogP) is 0.446. The van der Waals surface area contributed by atoms with Crippen LogP contribution in [0.4, 0.5) is 0 Å². The van der Waals surface area contributed by atoms with Crippen molar-refractivity contribution in [3.63, 3.8) is 0 Å². The van der Waals surface area contributed by atoms with Crippen LogP contribution in [0, 0.1) is 5.92 Å². The van der Waals surface area contributed by atoms with Gasteiger partial charge in [0.25, 0.3) is 0 Å². The Morgan fingerprint density at radius 1 is 1.21 bits per heavy atom. The summed E-state index contributed by atoms with van der Waals surface area (Å²) in [6.07, 6.45) is 4.33. The average Bonchev–Trinajstić information content (AvgIpc) is 2.27. The third-order valence-electron chi connectivity index (χ3n) is 4.25. The number of nitrogens with one attached hydrogen (secondary N) is 2. The molecular formula is C11H18N2O. The number of rotatable bonds is 2. The first-order valence-electron chi connectivity index (χ1n) is 5.84. The highest BCUT2D eigenvalue weighted by molar-refractivity contribution is 5.82. The molecule has 0 aliphatic carbocycles. The van der Waals surface area contributed by atoms with E-state index in [2.05, 4.69) is 10.6 Å². The van der Waals surface area contributed by atoms with Crippen LogP contribution in [-0.4, -0.2) is 30.0 Å². The first-order chi connectivity index (χ1) is 6.79. The molecule has 2 N–H and O–H groups in total. The van der Waals surface area contributed by atoms with E-state index in [-0.39, 0.29) is 0 Å². The van der Waals surface area contributed by atoms with Gasteiger partial charge >= 0.3 is 0 Å². The number of hydrogen-bond donors (Lipinski definition) is 2. The molecule has 0 amide bonds. The minimum atomic E-state index is 0.299. The van der Waals surface area contributed by atoms with E-state index >= 15 is 0 Å². The molecule has 0 aromatic carbocycles. The minimum Gasteiger partial charge on any atom is -0.308 e. The molecule has 5 rings (SSSR count). The van der Waals surface area contributed by atoms with Gasteiger partial charge in [-0.25, -0.2) is 0 Å². The van der Waals surface area contributed by atoms with Crippen LogP contribution < -0.4 is 10.6 Å². The highest BCUT2D eigenvalue weighted by Gasteiger charge is 2.51. The summed E-state index contributed by atoms with van der Waals surface area (Å²) in [5, 5.41) is 7.28. The van der Waals surface area contributed by atoms with Crippen molar-refractivity contribution in [3.05, 3.63) is 0 Å². The van der Waals surface area contributed by atoms with Crippen molar-refractivity contribution >= 4 is 5.78 Å². The molecule has 78 valence electrons. The maximum absolute atomic E-state index is 11.8. The summed E-state index contributed by atoms with van der Waals surface area (Å²) in [4.78, 5) is 11.8. The van der Waals surface area contributed by atoms with E-state index in [4.69, 9.17) is 0 Å². The predicted molar refractivity (Wildman–Crippen MR) is 54.1 cm³/mol. The fourth-order valence-corrected chi connectivity index (χ4v) is 3.52. The molecule has 5 unspecified atom stereocenters. The van der Waals surface area contributed by atoms with Crippen LogP contribution in [-0.2, 0) is 4.79 Å². The molecule has 0 saturated carbocycles. The number of hydrogen-bond acceptors (Lipinski definition) is 3. The molecule has 0 spiro atoms. The van der Waals surface area contributed by atoms with Gasteiger partial charge in [-0.2, -0.15) is 0 Å². The van der Waals surface area contributed by atoms with Crippen molar-refractivity contribution in [2.75, 3.05) is 0 Å². The van der Waals surface area contributed by atoms with E-state index in [1.807, 2.05) is 6.92 Å². The van der Waals surface area contributed by atoms with Crippen LogP contribution >= 0.6 is 0 Å². The summed E-state index contributed by atoms with van der Waals surface area (Å²) in [7, 11) is 0. The van der Waals surface area contributed by atoms with Gasteiger partial charge in [-0.05, 0) is 19.3 Å². The Balaban J connectivity index is 1.83. The van der Waals surface area contributed by atoms with Crippen LogP contribution in [0.2, 0.25) is 0 Å². The maximum atomic E-state index is 11.8. The molecule has 0 aromatic heterocycles. The van der Waals surface area contributed by atoms with Gasteiger partial charge in [-0.15, -0.1) is 0 Å². The van der Waals surface area contributed by atoms with Gasteiger partial charge in [-0.3, -0.25) is 4.79 Å². The lowest BCUT2D eigenvalue weighted by atomic mass is 9.68. The highest BCUT2D eigenvalue weighted by Crippen LogP contribution is 2.37. The van der Waals surface area contributed by atoms with Crippen LogP contribution in [0.1, 0.15) is 32.6 Å². The van der Waals surface area contributed by atoms with Gasteiger partial charge in [0.1, 0.15) is 5.78 Å². The number of piperidine rings is 4. The molecule has 0 aromatic rings. The lowest BCUT2D eigenvalue weighted by Crippen LogP contribution is -2.76. The number of carbonyl (C=O) groups is 1. The van der Waals surface area contributed by atoms with E-state index in [0.29, 0.717) is 42.3 Å². The van der Waals surface area contributed by atoms with E-state index in [1.165, 1.54) is 12.8 Å². The van der Waals surface area contributed by atoms with Crippen LogP contribution in [0.5, 0.6) is 0 Å². The maximum Gasteiger partial charge on any atom is 0.137 e. The van der Waals surface area contributed by atoms with Gasteiger partial charge < -0.3 is 10.6 Å². The van der Waals surface area contributed by atoms with E-state index in [9.17, 15) is 4.79 Å². The summed E-state index contributed by atoms with van der Waals surface area (Å²) in [5.41, 5.74) is 0. The number of Topliss-reactive ketones (excluding diaryl/α,β-unsaturated/α-hetero) is 1. The third-order valence-corrected chi connectivity index (χ3v) is 4.25. The van der Waals surface area contributed by atoms with Gasteiger partial charge in [0, 0.05) is 36.5 Å². The number of piperazine rings is 1. The standard InChI is InChI=1S/C11H18N2O/c1-2-10(14)6-5-9-7-3-4-8(12-9)11(6)13-7/h6-9,11-13H,2-5H2,1H3. The summed E-state index contributed by atoms with van der Waals surface area (Å²) >= 11 is 0. The molecule has 5 fully saturated rings. The lowest BCUT2D eigenvalue weighted by molar-refractivity contribution is -0.128. The van der Waals surface area contributed by atoms with E-state index in [1.54, 1.807) is 0 Å². The Morgan fingerprint density at radius 2 is 2.00 bits per heavy atom. The Bertz CT molecular complexity index is 266. The Labute approximate surface area is 84.6 Å². The zero-order chi connectivity index (χ0) is 9.71. The molecule has 5 saturated heterocycles. The molecule has 5 atom stereocenters. The third kappa shape index (κ3) is 1.09. The summed E-state index contributed by atoms with van der Waals surface area (Å²) in [6.45, 7) is 1.98. The van der Waals surface area contributed by atoms with Crippen LogP contribution in [0.25, 0.3) is 0 Å². The van der Waals surface area contributed by atoms with Gasteiger partial charge in [-0.1, -0.05) is 6.92 Å². The molecule has 5 aliphatic heterocycles. The van der Waals surface area contributed by atoms with Crippen molar-refractivity contribution in [2.45, 2.75) is 56.8 Å². The molecule has 5 heterocycles. The van der Waals surface area contributed by atoms with Gasteiger partial charge in [0.05, 0.1) is 0 Å². The fourth-order valence-electron chi connectivity index (χ4n) is 3.52. The average molecular weight is 194 g/mol. The van der Waals surface area contributed by atoms with E-state index < -0.39 is 0 Å². The summed E-state index contributed by atoms with van der Waals surface area (Å²) in [6, 6.07) is 2.22. The van der Waals surface area contributed by atoms with Crippen molar-refractivity contribution < 1.29 is 4.79 Å². The second-order valence-corrected chi connectivity index (χ2v) is 4.92. The fraction of sp³-hybridized carbons (Fsp3) is 0.909. The first kappa shape index (κ1) is 8.86. The SMILES string of the molecule is CCC(=O)C1CC2NC3CCC2NC31. The molecule has 3 heteroatoms. The van der Waals surface area contributed by atoms with E-state index in [0.717, 1.165) is 6.42 Å². The smallest absolute Gasteiger partial charge is 0.137 e. The number of fused-ring (bicyclic) bond motifs is 2. The normalized spacial score (nSPS) is 49.6. The van der Waals surface area contributed by atoms with Crippen molar-refractivity contribution in [1.29, 1.82) is 0 Å². The van der Waals surface area contributed by atoms with Crippen LogP contribution in [0.15, 0.2) is 0 Å².